The van der Waals surface area contributed by atoms with Crippen LogP contribution in [-0.4, -0.2) is 11.7 Å². The Kier molecular flexibility index (Phi) is 5.07. The van der Waals surface area contributed by atoms with Gasteiger partial charge in [0.05, 0.1) is 18.0 Å². The summed E-state index contributed by atoms with van der Waals surface area (Å²) in [7, 11) is 0. The maximum absolute atomic E-state index is 14.2. The van der Waals surface area contributed by atoms with Gasteiger partial charge in [-0.05, 0) is 40.5 Å². The molecule has 1 aliphatic carbocycles. The van der Waals surface area contributed by atoms with Gasteiger partial charge in [-0.1, -0.05) is 84.9 Å². The van der Waals surface area contributed by atoms with E-state index >= 15 is 0 Å². The number of Topliss-reactive ketones (excluding diaryl/α,β-unsaturated/α-hetero) is 1. The lowest BCUT2D eigenvalue weighted by molar-refractivity contribution is -0.118. The number of amides is 1. The van der Waals surface area contributed by atoms with Crippen LogP contribution in [0.2, 0.25) is 0 Å². The first-order chi connectivity index (χ1) is 18.2. The molecule has 1 aromatic heterocycles. The van der Waals surface area contributed by atoms with Crippen LogP contribution in [0, 0.1) is 0 Å². The first-order valence-corrected chi connectivity index (χ1v) is 12.8. The van der Waals surface area contributed by atoms with Crippen LogP contribution in [0.15, 0.2) is 101 Å². The summed E-state index contributed by atoms with van der Waals surface area (Å²) in [5, 5.41) is 2.23. The van der Waals surface area contributed by atoms with Crippen molar-refractivity contribution in [1.82, 2.24) is 0 Å². The van der Waals surface area contributed by atoms with Crippen molar-refractivity contribution in [3.63, 3.8) is 0 Å². The molecular formula is C33H25NO3. The van der Waals surface area contributed by atoms with E-state index < -0.39 is 5.92 Å². The lowest BCUT2D eigenvalue weighted by atomic mass is 9.83. The van der Waals surface area contributed by atoms with Gasteiger partial charge >= 0.3 is 0 Å². The Hall–Kier alpha value is -4.44. The van der Waals surface area contributed by atoms with Gasteiger partial charge in [0.25, 0.3) is 0 Å². The van der Waals surface area contributed by atoms with Gasteiger partial charge in [-0.25, -0.2) is 0 Å². The highest BCUT2D eigenvalue weighted by Gasteiger charge is 2.44. The normalized spacial score (nSPS) is 16.8. The number of carbonyl (C=O) groups excluding carboxylic acids is 2. The van der Waals surface area contributed by atoms with Gasteiger partial charge < -0.3 is 9.32 Å². The Morgan fingerprint density at radius 2 is 1.54 bits per heavy atom. The Balaban J connectivity index is 1.43. The molecule has 0 saturated carbocycles. The van der Waals surface area contributed by atoms with Gasteiger partial charge in [-0.2, -0.15) is 0 Å². The summed E-state index contributed by atoms with van der Waals surface area (Å²) >= 11 is 0. The number of hydrogen-bond acceptors (Lipinski definition) is 3. The molecule has 0 saturated heterocycles. The number of para-hydroxylation sites is 1. The summed E-state index contributed by atoms with van der Waals surface area (Å²) < 4.78 is 6.48. The summed E-state index contributed by atoms with van der Waals surface area (Å²) in [5.41, 5.74) is 5.11. The molecule has 2 aliphatic rings. The molecule has 37 heavy (non-hydrogen) atoms. The second kappa shape index (κ2) is 8.59. The van der Waals surface area contributed by atoms with E-state index in [-0.39, 0.29) is 11.7 Å². The highest BCUT2D eigenvalue weighted by atomic mass is 16.3. The van der Waals surface area contributed by atoms with Crippen LogP contribution in [0.25, 0.3) is 22.1 Å². The molecule has 180 valence electrons. The van der Waals surface area contributed by atoms with Crippen molar-refractivity contribution >= 4 is 28.2 Å². The first kappa shape index (κ1) is 21.8. The lowest BCUT2D eigenvalue weighted by Crippen LogP contribution is -2.29. The maximum atomic E-state index is 14.2. The average Bonchev–Trinajstić information content (AvgIpc) is 3.45. The third-order valence-corrected chi connectivity index (χ3v) is 7.64. The minimum absolute atomic E-state index is 0.0194. The third-order valence-electron chi connectivity index (χ3n) is 7.64. The van der Waals surface area contributed by atoms with Crippen molar-refractivity contribution in [1.29, 1.82) is 0 Å². The molecular weight excluding hydrogens is 458 g/mol. The molecule has 0 radical (unpaired) electrons. The quantitative estimate of drug-likeness (QED) is 0.270. The van der Waals surface area contributed by atoms with E-state index in [1.54, 1.807) is 0 Å². The molecule has 5 aromatic rings. The van der Waals surface area contributed by atoms with Crippen molar-refractivity contribution in [2.75, 3.05) is 4.90 Å². The molecule has 4 aromatic carbocycles. The topological polar surface area (TPSA) is 50.5 Å². The monoisotopic (exact) mass is 483 g/mol. The number of benzene rings is 4. The number of rotatable bonds is 4. The summed E-state index contributed by atoms with van der Waals surface area (Å²) in [4.78, 5) is 29.4. The fourth-order valence-electron chi connectivity index (χ4n) is 5.92. The van der Waals surface area contributed by atoms with E-state index in [0.717, 1.165) is 45.1 Å². The van der Waals surface area contributed by atoms with Crippen molar-refractivity contribution in [3.05, 3.63) is 125 Å². The number of fused-ring (bicyclic) bond motifs is 3. The molecule has 1 atom stereocenters. The predicted molar refractivity (Wildman–Crippen MR) is 145 cm³/mol. The Morgan fingerprint density at radius 3 is 2.41 bits per heavy atom. The number of hydrogen-bond donors (Lipinski definition) is 0. The molecule has 7 rings (SSSR count). The van der Waals surface area contributed by atoms with E-state index in [1.807, 2.05) is 77.7 Å². The van der Waals surface area contributed by atoms with Crippen LogP contribution in [-0.2, 0) is 17.8 Å². The Bertz CT molecular complexity index is 1680. The minimum Gasteiger partial charge on any atom is -0.460 e. The van der Waals surface area contributed by atoms with E-state index in [0.29, 0.717) is 36.5 Å². The van der Waals surface area contributed by atoms with Crippen LogP contribution < -0.4 is 4.90 Å². The molecule has 4 nitrogen and oxygen atoms in total. The standard InChI is InChI=1S/C33H25NO3/c35-27-15-8-16-28-30(27)31(32(37-28)24-18-17-22-11-4-5-12-23(22)19-24)29-25-13-6-7-14-26(25)34(33(29)36)20-21-9-2-1-3-10-21/h1-7,9-14,17-19,29H,8,15-16,20H2. The molecule has 1 aliphatic heterocycles. The summed E-state index contributed by atoms with van der Waals surface area (Å²) in [5.74, 6) is 0.811. The zero-order chi connectivity index (χ0) is 24.9. The second-order valence-corrected chi connectivity index (χ2v) is 9.88. The second-order valence-electron chi connectivity index (χ2n) is 9.88. The van der Waals surface area contributed by atoms with E-state index in [1.165, 1.54) is 0 Å². The SMILES string of the molecule is O=C1CCCc2oc(-c3ccc4ccccc4c3)c(C3C(=O)N(Cc4ccccc4)c4ccccc43)c21. The van der Waals surface area contributed by atoms with Gasteiger partial charge in [-0.3, -0.25) is 9.59 Å². The summed E-state index contributed by atoms with van der Waals surface area (Å²) in [6.07, 6.45) is 1.95. The lowest BCUT2D eigenvalue weighted by Gasteiger charge is -2.19. The van der Waals surface area contributed by atoms with Crippen molar-refractivity contribution in [2.24, 2.45) is 0 Å². The smallest absolute Gasteiger partial charge is 0.239 e. The number of carbonyl (C=O) groups is 2. The third kappa shape index (κ3) is 3.52. The van der Waals surface area contributed by atoms with Crippen molar-refractivity contribution < 1.29 is 14.0 Å². The number of anilines is 1. The Morgan fingerprint density at radius 1 is 0.784 bits per heavy atom. The van der Waals surface area contributed by atoms with Gasteiger partial charge in [0, 0.05) is 29.7 Å². The first-order valence-electron chi connectivity index (χ1n) is 12.8. The molecule has 2 heterocycles. The molecule has 0 fully saturated rings. The van der Waals surface area contributed by atoms with E-state index in [4.69, 9.17) is 4.42 Å². The number of ketones is 1. The number of nitrogens with zero attached hydrogens (tertiary/aromatic N) is 1. The van der Waals surface area contributed by atoms with Crippen LogP contribution >= 0.6 is 0 Å². The molecule has 0 spiro atoms. The average molecular weight is 484 g/mol. The largest absolute Gasteiger partial charge is 0.460 e. The van der Waals surface area contributed by atoms with Crippen LogP contribution in [0.5, 0.6) is 0 Å². The van der Waals surface area contributed by atoms with Gasteiger partial charge in [0.2, 0.25) is 5.91 Å². The van der Waals surface area contributed by atoms with Crippen LogP contribution in [0.4, 0.5) is 5.69 Å². The Labute approximate surface area is 215 Å². The van der Waals surface area contributed by atoms with Crippen LogP contribution in [0.1, 0.15) is 51.6 Å². The van der Waals surface area contributed by atoms with Gasteiger partial charge in [0.1, 0.15) is 11.5 Å². The zero-order valence-electron chi connectivity index (χ0n) is 20.3. The molecule has 1 unspecified atom stereocenters. The fourth-order valence-corrected chi connectivity index (χ4v) is 5.92. The predicted octanol–water partition coefficient (Wildman–Crippen LogP) is 7.30. The minimum atomic E-state index is -0.587. The zero-order valence-corrected chi connectivity index (χ0v) is 20.3. The van der Waals surface area contributed by atoms with E-state index in [9.17, 15) is 9.59 Å². The number of aryl methyl sites for hydroxylation is 1. The summed E-state index contributed by atoms with van der Waals surface area (Å²) in [6.45, 7) is 0.479. The van der Waals surface area contributed by atoms with Crippen molar-refractivity contribution in [3.8, 4) is 11.3 Å². The molecule has 1 amide bonds. The van der Waals surface area contributed by atoms with E-state index in [2.05, 4.69) is 24.3 Å². The highest BCUT2D eigenvalue weighted by molar-refractivity contribution is 6.11. The van der Waals surface area contributed by atoms with Gasteiger partial charge in [0.15, 0.2) is 5.78 Å². The molecule has 4 heteroatoms. The molecule has 0 N–H and O–H groups in total. The molecule has 0 bridgehead atoms. The van der Waals surface area contributed by atoms with Gasteiger partial charge in [-0.15, -0.1) is 0 Å². The van der Waals surface area contributed by atoms with Crippen molar-refractivity contribution in [2.45, 2.75) is 31.7 Å². The number of furan rings is 1. The maximum Gasteiger partial charge on any atom is 0.239 e. The summed E-state index contributed by atoms with van der Waals surface area (Å²) in [6, 6.07) is 32.4. The fraction of sp³-hybridized carbons (Fsp3) is 0.152. The van der Waals surface area contributed by atoms with Crippen LogP contribution in [0.3, 0.4) is 0 Å². The highest BCUT2D eigenvalue weighted by Crippen LogP contribution is 2.49.